The summed E-state index contributed by atoms with van der Waals surface area (Å²) >= 11 is 0. The summed E-state index contributed by atoms with van der Waals surface area (Å²) in [4.78, 5) is 64.0. The number of alkyl halides is 1. The van der Waals surface area contributed by atoms with E-state index in [9.17, 15) is 28.4 Å². The predicted octanol–water partition coefficient (Wildman–Crippen LogP) is 1.83. The summed E-state index contributed by atoms with van der Waals surface area (Å²) < 4.78 is 35.6. The van der Waals surface area contributed by atoms with Crippen LogP contribution >= 0.6 is 0 Å². The summed E-state index contributed by atoms with van der Waals surface area (Å²) in [5, 5.41) is 5.21. The third-order valence-electron chi connectivity index (χ3n) is 7.59. The Labute approximate surface area is 268 Å². The maximum atomic E-state index is 13.6. The lowest BCUT2D eigenvalue weighted by Gasteiger charge is -2.32. The first-order valence-corrected chi connectivity index (χ1v) is 14.9. The van der Waals surface area contributed by atoms with Crippen molar-refractivity contribution in [2.45, 2.75) is 65.0 Å². The van der Waals surface area contributed by atoms with Gasteiger partial charge >= 0.3 is 12.1 Å². The molecule has 254 valence electrons. The number of allylic oxidation sites excluding steroid dienone is 4. The second kappa shape index (κ2) is 18.1. The smallest absolute Gasteiger partial charge is 0.405 e. The average molecular weight is 649 g/mol. The van der Waals surface area contributed by atoms with Crippen LogP contribution < -0.4 is 22.1 Å². The van der Waals surface area contributed by atoms with Crippen LogP contribution in [0.5, 0.6) is 0 Å². The largest absolute Gasteiger partial charge is 0.458 e. The number of Topliss-reactive ketones (excluding diaryl/α,β-unsaturated/α-hetero) is 1. The van der Waals surface area contributed by atoms with Crippen LogP contribution in [0.3, 0.4) is 0 Å². The molecule has 13 nitrogen and oxygen atoms in total. The van der Waals surface area contributed by atoms with Crippen LogP contribution in [0, 0.1) is 11.8 Å². The van der Waals surface area contributed by atoms with Crippen molar-refractivity contribution >= 4 is 29.5 Å². The van der Waals surface area contributed by atoms with Gasteiger partial charge in [-0.3, -0.25) is 19.2 Å². The highest BCUT2D eigenvalue weighted by atomic mass is 19.1. The molecule has 0 spiro atoms. The quantitative estimate of drug-likeness (QED) is 0.170. The summed E-state index contributed by atoms with van der Waals surface area (Å²) in [7, 11) is 2.84. The molecule has 0 saturated heterocycles. The standard InChI is InChI=1S/C32H45FN4O9/c1-17-12-21-27(36-11-10-33)23(38)15-22(28(21)40)37-31(41)18(2)8-7-9-24(43-5)29(46-32(35)42)19(3)14-20(4)30(25(13-17)44-6)45-26(39)16-34/h7-9,14-15,17,20,24-25,29-30,36H,10-13,16,34H2,1-6H3,(H2,35,42)(H,37,41)/b9-7-,18-8+,19-14+/t17-,20+,24+,25+,29+,30-/m1/s1. The van der Waals surface area contributed by atoms with Crippen molar-refractivity contribution in [3.8, 4) is 0 Å². The predicted molar refractivity (Wildman–Crippen MR) is 166 cm³/mol. The Balaban J connectivity index is 2.72. The van der Waals surface area contributed by atoms with Gasteiger partial charge in [-0.2, -0.15) is 0 Å². The molecular weight excluding hydrogens is 603 g/mol. The van der Waals surface area contributed by atoms with Gasteiger partial charge in [0.15, 0.2) is 6.10 Å². The van der Waals surface area contributed by atoms with Crippen LogP contribution in [0.1, 0.15) is 40.5 Å². The van der Waals surface area contributed by atoms with E-state index in [1.165, 1.54) is 33.3 Å². The van der Waals surface area contributed by atoms with E-state index in [2.05, 4.69) is 10.6 Å². The van der Waals surface area contributed by atoms with Gasteiger partial charge in [0, 0.05) is 43.9 Å². The van der Waals surface area contributed by atoms with Crippen molar-refractivity contribution in [3.05, 3.63) is 58.5 Å². The molecule has 0 radical (unpaired) electrons. The van der Waals surface area contributed by atoms with Gasteiger partial charge in [0.25, 0.3) is 5.91 Å². The summed E-state index contributed by atoms with van der Waals surface area (Å²) in [5.74, 6) is -3.38. The maximum Gasteiger partial charge on any atom is 0.405 e. The highest BCUT2D eigenvalue weighted by molar-refractivity contribution is 6.23. The van der Waals surface area contributed by atoms with Crippen molar-refractivity contribution in [2.75, 3.05) is 34.0 Å². The summed E-state index contributed by atoms with van der Waals surface area (Å²) in [6.45, 7) is 5.43. The van der Waals surface area contributed by atoms with E-state index in [-0.39, 0.29) is 54.4 Å². The van der Waals surface area contributed by atoms with Crippen LogP contribution in [-0.2, 0) is 38.1 Å². The topological polar surface area (TPSA) is 198 Å². The SMILES string of the molecule is CO[C@H]1/C=C\C=C(/C)C(=O)NC2=CC(=O)C(NCCF)=C(C[C@@H](C)C[C@H](OC)[C@H](OC(=O)CN)[C@@H](C)/C=C(\C)[C@@H]1OC(N)=O)C2=O. The van der Waals surface area contributed by atoms with Crippen LogP contribution in [0.4, 0.5) is 9.18 Å². The Kier molecular flexibility index (Phi) is 15.0. The molecule has 6 N–H and O–H groups in total. The number of amides is 2. The number of hydrogen-bond donors (Lipinski definition) is 4. The minimum absolute atomic E-state index is 0.0494. The van der Waals surface area contributed by atoms with Crippen molar-refractivity contribution in [3.63, 3.8) is 0 Å². The fraction of sp³-hybridized carbons (Fsp3) is 0.531. The zero-order chi connectivity index (χ0) is 34.6. The molecule has 0 fully saturated rings. The molecule has 46 heavy (non-hydrogen) atoms. The van der Waals surface area contributed by atoms with Crippen molar-refractivity contribution < 1.29 is 47.3 Å². The first kappa shape index (κ1) is 38.0. The number of carbonyl (C=O) groups excluding carboxylic acids is 5. The molecule has 1 heterocycles. The van der Waals surface area contributed by atoms with Crippen LogP contribution in [0.2, 0.25) is 0 Å². The highest BCUT2D eigenvalue weighted by Crippen LogP contribution is 2.30. The number of fused-ring (bicyclic) bond motifs is 2. The Morgan fingerprint density at radius 2 is 1.80 bits per heavy atom. The van der Waals surface area contributed by atoms with Gasteiger partial charge in [0.2, 0.25) is 11.6 Å². The van der Waals surface area contributed by atoms with Gasteiger partial charge < -0.3 is 41.0 Å². The molecule has 1 aliphatic carbocycles. The van der Waals surface area contributed by atoms with E-state index in [1.54, 1.807) is 26.0 Å². The van der Waals surface area contributed by atoms with Gasteiger partial charge in [-0.05, 0) is 38.2 Å². The molecule has 2 bridgehead atoms. The van der Waals surface area contributed by atoms with Gasteiger partial charge in [0.05, 0.1) is 24.0 Å². The number of hydrogen-bond acceptors (Lipinski definition) is 11. The highest BCUT2D eigenvalue weighted by Gasteiger charge is 2.35. The Bertz CT molecular complexity index is 1320. The molecule has 2 amide bonds. The second-order valence-corrected chi connectivity index (χ2v) is 11.2. The molecule has 1 aliphatic heterocycles. The molecule has 0 aromatic rings. The summed E-state index contributed by atoms with van der Waals surface area (Å²) in [5.41, 5.74) is 11.4. The Morgan fingerprint density at radius 1 is 1.11 bits per heavy atom. The van der Waals surface area contributed by atoms with E-state index >= 15 is 0 Å². The zero-order valence-electron chi connectivity index (χ0n) is 27.1. The first-order valence-electron chi connectivity index (χ1n) is 14.9. The lowest BCUT2D eigenvalue weighted by atomic mass is 9.85. The third kappa shape index (κ3) is 10.5. The van der Waals surface area contributed by atoms with Gasteiger partial charge in [-0.15, -0.1) is 0 Å². The Hall–Kier alpha value is -4.14. The van der Waals surface area contributed by atoms with E-state index in [4.69, 9.17) is 30.4 Å². The monoisotopic (exact) mass is 648 g/mol. The van der Waals surface area contributed by atoms with Crippen molar-refractivity contribution in [2.24, 2.45) is 23.3 Å². The Morgan fingerprint density at radius 3 is 2.39 bits per heavy atom. The fourth-order valence-electron chi connectivity index (χ4n) is 5.32. The number of nitrogens with one attached hydrogen (secondary N) is 2. The minimum atomic E-state index is -1.05. The van der Waals surface area contributed by atoms with Crippen molar-refractivity contribution in [1.82, 2.24) is 10.6 Å². The molecule has 0 saturated carbocycles. The van der Waals surface area contributed by atoms with E-state index in [0.717, 1.165) is 6.08 Å². The summed E-state index contributed by atoms with van der Waals surface area (Å²) in [6.07, 6.45) is 3.05. The van der Waals surface area contributed by atoms with E-state index in [1.807, 2.05) is 6.92 Å². The molecule has 2 rings (SSSR count). The van der Waals surface area contributed by atoms with Crippen LogP contribution in [0.25, 0.3) is 0 Å². The fourth-order valence-corrected chi connectivity index (χ4v) is 5.32. The lowest BCUT2D eigenvalue weighted by molar-refractivity contribution is -0.158. The maximum absolute atomic E-state index is 13.6. The number of carbonyl (C=O) groups is 5. The number of halogens is 1. The minimum Gasteiger partial charge on any atom is -0.458 e. The van der Waals surface area contributed by atoms with E-state index < -0.39 is 66.5 Å². The average Bonchev–Trinajstić information content (AvgIpc) is 3.01. The number of methoxy groups -OCH3 is 2. The third-order valence-corrected chi connectivity index (χ3v) is 7.59. The number of rotatable bonds is 8. The molecule has 14 heteroatoms. The second-order valence-electron chi connectivity index (χ2n) is 11.2. The van der Waals surface area contributed by atoms with Gasteiger partial charge in [0.1, 0.15) is 18.9 Å². The molecule has 0 aromatic heterocycles. The van der Waals surface area contributed by atoms with Gasteiger partial charge in [-0.1, -0.05) is 38.2 Å². The molecular formula is C32H45FN4O9. The van der Waals surface area contributed by atoms with Crippen molar-refractivity contribution in [1.29, 1.82) is 0 Å². The van der Waals surface area contributed by atoms with Gasteiger partial charge in [-0.25, -0.2) is 9.18 Å². The summed E-state index contributed by atoms with van der Waals surface area (Å²) in [6, 6.07) is 0. The lowest BCUT2D eigenvalue weighted by Crippen LogP contribution is -2.41. The molecule has 2 aliphatic rings. The number of nitrogens with two attached hydrogens (primary N) is 2. The zero-order valence-corrected chi connectivity index (χ0v) is 27.1. The van der Waals surface area contributed by atoms with E-state index in [0.29, 0.717) is 5.57 Å². The number of esters is 1. The molecule has 0 aromatic carbocycles. The molecule has 6 atom stereocenters. The van der Waals surface area contributed by atoms with Crippen LogP contribution in [0.15, 0.2) is 58.5 Å². The molecule has 0 unspecified atom stereocenters. The normalized spacial score (nSPS) is 29.8. The first-order chi connectivity index (χ1) is 21.8. The number of primary amides is 1. The van der Waals surface area contributed by atoms with Crippen LogP contribution in [-0.4, -0.2) is 87.9 Å². The number of ether oxygens (including phenoxy) is 4. The number of ketones is 2.